The molecular weight excluding hydrogens is 586 g/mol. The van der Waals surface area contributed by atoms with Gasteiger partial charge in [-0.05, 0) is 66.6 Å². The molecule has 0 aliphatic heterocycles. The lowest BCUT2D eigenvalue weighted by molar-refractivity contribution is -0.139. The summed E-state index contributed by atoms with van der Waals surface area (Å²) in [6, 6.07) is 28.3. The minimum Gasteiger partial charge on any atom is -0.497 e. The molecule has 4 aromatic carbocycles. The number of amides is 2. The minimum atomic E-state index is -4.19. The zero-order chi connectivity index (χ0) is 31.0. The van der Waals surface area contributed by atoms with E-state index >= 15 is 0 Å². The van der Waals surface area contributed by atoms with Crippen LogP contribution in [-0.4, -0.2) is 51.9 Å². The molecule has 0 aliphatic carbocycles. The quantitative estimate of drug-likeness (QED) is 0.234. The number of methoxy groups -OCH3 is 1. The Morgan fingerprint density at radius 1 is 0.884 bits per heavy atom. The van der Waals surface area contributed by atoms with E-state index in [1.807, 2.05) is 37.3 Å². The number of nitrogens with zero attached hydrogens (tertiary/aromatic N) is 2. The summed E-state index contributed by atoms with van der Waals surface area (Å²) in [7, 11) is -1.17. The number of hydrogen-bond donors (Lipinski definition) is 1. The highest BCUT2D eigenvalue weighted by Crippen LogP contribution is 2.27. The van der Waals surface area contributed by atoms with Gasteiger partial charge in [0.05, 0.1) is 17.7 Å². The molecule has 1 unspecified atom stereocenters. The van der Waals surface area contributed by atoms with Crippen molar-refractivity contribution in [3.63, 3.8) is 0 Å². The average Bonchev–Trinajstić information content (AvgIpc) is 3.02. The van der Waals surface area contributed by atoms with E-state index in [1.165, 1.54) is 31.2 Å². The number of sulfonamides is 1. The van der Waals surface area contributed by atoms with Gasteiger partial charge in [0.1, 0.15) is 18.3 Å². The molecule has 0 fully saturated rings. The number of carbonyl (C=O) groups is 2. The van der Waals surface area contributed by atoms with Crippen LogP contribution in [0.1, 0.15) is 16.7 Å². The van der Waals surface area contributed by atoms with Gasteiger partial charge in [-0.25, -0.2) is 8.42 Å². The Morgan fingerprint density at radius 3 is 2.14 bits per heavy atom. The molecule has 43 heavy (non-hydrogen) atoms. The lowest BCUT2D eigenvalue weighted by atomic mass is 10.0. The van der Waals surface area contributed by atoms with Crippen molar-refractivity contribution in [2.75, 3.05) is 25.0 Å². The number of likely N-dealkylation sites (N-methyl/N-ethyl adjacent to an activating group) is 1. The summed E-state index contributed by atoms with van der Waals surface area (Å²) in [5, 5.41) is 3.15. The SMILES string of the molecule is CNC(=O)C(Cc1ccccc1)N(Cc1cccc(Cl)c1)C(=O)CN(c1ccc(OC)cc1)S(=O)(=O)c1ccc(C)cc1. The Hall–Kier alpha value is -4.34. The van der Waals surface area contributed by atoms with Gasteiger partial charge in [-0.2, -0.15) is 0 Å². The van der Waals surface area contributed by atoms with Crippen LogP contribution in [0.5, 0.6) is 5.75 Å². The fourth-order valence-electron chi connectivity index (χ4n) is 4.67. The van der Waals surface area contributed by atoms with Crippen LogP contribution in [0.15, 0.2) is 108 Å². The number of rotatable bonds is 12. The third kappa shape index (κ3) is 7.94. The molecule has 10 heteroatoms. The van der Waals surface area contributed by atoms with Crippen LogP contribution in [0.2, 0.25) is 5.02 Å². The van der Waals surface area contributed by atoms with Crippen molar-refractivity contribution < 1.29 is 22.7 Å². The van der Waals surface area contributed by atoms with Gasteiger partial charge in [0.15, 0.2) is 0 Å². The van der Waals surface area contributed by atoms with E-state index in [0.29, 0.717) is 16.3 Å². The molecule has 2 amide bonds. The van der Waals surface area contributed by atoms with Gasteiger partial charge in [0.25, 0.3) is 10.0 Å². The van der Waals surface area contributed by atoms with Crippen LogP contribution < -0.4 is 14.4 Å². The molecular formula is C33H34ClN3O5S. The van der Waals surface area contributed by atoms with Crippen molar-refractivity contribution in [3.8, 4) is 5.75 Å². The highest BCUT2D eigenvalue weighted by Gasteiger charge is 2.34. The number of halogens is 1. The van der Waals surface area contributed by atoms with Gasteiger partial charge < -0.3 is 15.0 Å². The number of nitrogens with one attached hydrogen (secondary N) is 1. The van der Waals surface area contributed by atoms with E-state index in [2.05, 4.69) is 5.32 Å². The van der Waals surface area contributed by atoms with Gasteiger partial charge >= 0.3 is 0 Å². The lowest BCUT2D eigenvalue weighted by Gasteiger charge is -2.33. The Bertz CT molecular complexity index is 1650. The van der Waals surface area contributed by atoms with Gasteiger partial charge in [0, 0.05) is 25.0 Å². The molecule has 0 saturated carbocycles. The van der Waals surface area contributed by atoms with Crippen molar-refractivity contribution in [2.45, 2.75) is 30.8 Å². The molecule has 0 saturated heterocycles. The Kier molecular flexibility index (Phi) is 10.4. The first-order valence-electron chi connectivity index (χ1n) is 13.6. The van der Waals surface area contributed by atoms with Gasteiger partial charge in [-0.3, -0.25) is 13.9 Å². The average molecular weight is 620 g/mol. The maximum absolute atomic E-state index is 14.3. The Balaban J connectivity index is 1.79. The lowest BCUT2D eigenvalue weighted by Crippen LogP contribution is -2.53. The predicted molar refractivity (Wildman–Crippen MR) is 169 cm³/mol. The summed E-state index contributed by atoms with van der Waals surface area (Å²) < 4.78 is 34.4. The number of benzene rings is 4. The third-order valence-corrected chi connectivity index (χ3v) is 9.03. The summed E-state index contributed by atoms with van der Waals surface area (Å²) in [6.45, 7) is 1.34. The van der Waals surface area contributed by atoms with Crippen LogP contribution in [0.4, 0.5) is 5.69 Å². The Labute approximate surface area is 257 Å². The van der Waals surface area contributed by atoms with Crippen molar-refractivity contribution in [2.24, 2.45) is 0 Å². The van der Waals surface area contributed by atoms with E-state index < -0.39 is 28.5 Å². The van der Waals surface area contributed by atoms with Crippen molar-refractivity contribution >= 4 is 39.1 Å². The second-order valence-electron chi connectivity index (χ2n) is 9.99. The number of anilines is 1. The van der Waals surface area contributed by atoms with Gasteiger partial charge in [-0.15, -0.1) is 0 Å². The first kappa shape index (κ1) is 31.6. The normalized spacial score (nSPS) is 11.8. The van der Waals surface area contributed by atoms with E-state index in [0.717, 1.165) is 15.4 Å². The molecule has 0 bridgehead atoms. The number of hydrogen-bond acceptors (Lipinski definition) is 5. The molecule has 0 aliphatic rings. The molecule has 4 aromatic rings. The monoisotopic (exact) mass is 619 g/mol. The smallest absolute Gasteiger partial charge is 0.264 e. The van der Waals surface area contributed by atoms with Crippen LogP contribution in [0, 0.1) is 6.92 Å². The zero-order valence-corrected chi connectivity index (χ0v) is 25.8. The van der Waals surface area contributed by atoms with Crippen molar-refractivity contribution in [1.29, 1.82) is 0 Å². The second kappa shape index (κ2) is 14.2. The highest BCUT2D eigenvalue weighted by molar-refractivity contribution is 7.92. The summed E-state index contributed by atoms with van der Waals surface area (Å²) in [5.41, 5.74) is 2.71. The second-order valence-corrected chi connectivity index (χ2v) is 12.3. The van der Waals surface area contributed by atoms with Crippen LogP contribution in [-0.2, 0) is 32.6 Å². The van der Waals surface area contributed by atoms with E-state index in [-0.39, 0.29) is 29.5 Å². The highest BCUT2D eigenvalue weighted by atomic mass is 35.5. The maximum atomic E-state index is 14.3. The summed E-state index contributed by atoms with van der Waals surface area (Å²) in [4.78, 5) is 29.1. The van der Waals surface area contributed by atoms with E-state index in [9.17, 15) is 18.0 Å². The molecule has 0 radical (unpaired) electrons. The van der Waals surface area contributed by atoms with Crippen LogP contribution in [0.3, 0.4) is 0 Å². The fourth-order valence-corrected chi connectivity index (χ4v) is 6.29. The summed E-state index contributed by atoms with van der Waals surface area (Å²) in [6.07, 6.45) is 0.222. The van der Waals surface area contributed by atoms with Crippen LogP contribution >= 0.6 is 11.6 Å². The molecule has 0 heterocycles. The van der Waals surface area contributed by atoms with E-state index in [1.54, 1.807) is 60.7 Å². The molecule has 1 atom stereocenters. The number of carbonyl (C=O) groups excluding carboxylic acids is 2. The summed E-state index contributed by atoms with van der Waals surface area (Å²) >= 11 is 6.25. The Morgan fingerprint density at radius 2 is 1.53 bits per heavy atom. The van der Waals surface area contributed by atoms with Crippen molar-refractivity contribution in [1.82, 2.24) is 10.2 Å². The minimum absolute atomic E-state index is 0.0331. The molecule has 1 N–H and O–H groups in total. The maximum Gasteiger partial charge on any atom is 0.264 e. The topological polar surface area (TPSA) is 96.0 Å². The van der Waals surface area contributed by atoms with Crippen molar-refractivity contribution in [3.05, 3.63) is 125 Å². The number of aryl methyl sites for hydroxylation is 1. The molecule has 4 rings (SSSR count). The largest absolute Gasteiger partial charge is 0.497 e. The predicted octanol–water partition coefficient (Wildman–Crippen LogP) is 5.24. The molecule has 8 nitrogen and oxygen atoms in total. The number of ether oxygens (including phenoxy) is 1. The van der Waals surface area contributed by atoms with Gasteiger partial charge in [0.2, 0.25) is 11.8 Å². The molecule has 0 spiro atoms. The fraction of sp³-hybridized carbons (Fsp3) is 0.212. The standard InChI is InChI=1S/C33H34ClN3O5S/c1-24-12-18-30(19-13-24)43(40,41)37(28-14-16-29(42-3)17-15-28)23-32(38)36(22-26-10-7-11-27(34)20-26)31(33(39)35-2)21-25-8-5-4-6-9-25/h4-20,31H,21-23H2,1-3H3,(H,35,39). The first-order chi connectivity index (χ1) is 20.6. The van der Waals surface area contributed by atoms with Crippen LogP contribution in [0.25, 0.3) is 0 Å². The third-order valence-electron chi connectivity index (χ3n) is 7.01. The molecule has 224 valence electrons. The zero-order valence-electron chi connectivity index (χ0n) is 24.2. The first-order valence-corrected chi connectivity index (χ1v) is 15.5. The van der Waals surface area contributed by atoms with Gasteiger partial charge in [-0.1, -0.05) is 71.8 Å². The molecule has 0 aromatic heterocycles. The summed E-state index contributed by atoms with van der Waals surface area (Å²) in [5.74, 6) is -0.402. The van der Waals surface area contributed by atoms with E-state index in [4.69, 9.17) is 16.3 Å².